The first kappa shape index (κ1) is 20.2. The van der Waals surface area contributed by atoms with Gasteiger partial charge in [0.25, 0.3) is 0 Å². The van der Waals surface area contributed by atoms with Crippen LogP contribution in [0.1, 0.15) is 42.3 Å². The van der Waals surface area contributed by atoms with Crippen LogP contribution in [-0.2, 0) is 4.79 Å². The number of imide groups is 1. The molecule has 8 heteroatoms. The number of carbonyl (C=O) groups excluding carboxylic acids is 2. The van der Waals surface area contributed by atoms with Crippen LogP contribution in [0.15, 0.2) is 65.8 Å². The predicted molar refractivity (Wildman–Crippen MR) is 116 cm³/mol. The second-order valence-electron chi connectivity index (χ2n) is 7.03. The number of benzene rings is 2. The van der Waals surface area contributed by atoms with Crippen molar-refractivity contribution in [2.24, 2.45) is 0 Å². The van der Waals surface area contributed by atoms with Gasteiger partial charge < -0.3 is 5.32 Å². The summed E-state index contributed by atoms with van der Waals surface area (Å²) in [7, 11) is 0. The normalized spacial score (nSPS) is 14.2. The third-order valence-electron chi connectivity index (χ3n) is 4.69. The van der Waals surface area contributed by atoms with E-state index in [2.05, 4.69) is 10.6 Å². The number of rotatable bonds is 7. The van der Waals surface area contributed by atoms with Crippen molar-refractivity contribution in [2.75, 3.05) is 6.54 Å². The average Bonchev–Trinajstić information content (AvgIpc) is 3.53. The number of thioether (sulfide) groups is 1. The van der Waals surface area contributed by atoms with Crippen molar-refractivity contribution < 1.29 is 9.59 Å². The highest BCUT2D eigenvalue weighted by atomic mass is 32.2. The molecule has 1 heterocycles. The lowest BCUT2D eigenvalue weighted by Gasteiger charge is -2.15. The van der Waals surface area contributed by atoms with Gasteiger partial charge >= 0.3 is 6.03 Å². The summed E-state index contributed by atoms with van der Waals surface area (Å²) in [6.07, 6.45) is 2.19. The van der Waals surface area contributed by atoms with Crippen molar-refractivity contribution in [1.82, 2.24) is 25.4 Å². The summed E-state index contributed by atoms with van der Waals surface area (Å²) < 4.78 is 1.86. The van der Waals surface area contributed by atoms with Crippen LogP contribution in [-0.4, -0.2) is 33.2 Å². The van der Waals surface area contributed by atoms with Gasteiger partial charge in [0, 0.05) is 12.5 Å². The Morgan fingerprint density at radius 2 is 1.77 bits per heavy atom. The van der Waals surface area contributed by atoms with E-state index >= 15 is 0 Å². The molecule has 0 aliphatic heterocycles. The molecule has 1 aliphatic rings. The largest absolute Gasteiger partial charge is 0.338 e. The summed E-state index contributed by atoms with van der Waals surface area (Å²) in [4.78, 5) is 29.5. The van der Waals surface area contributed by atoms with Gasteiger partial charge in [-0.25, -0.2) is 14.5 Å². The number of nitrogens with zero attached hydrogens (tertiary/aromatic N) is 3. The minimum absolute atomic E-state index is 0.395. The molecule has 0 spiro atoms. The van der Waals surface area contributed by atoms with E-state index in [-0.39, 0.29) is 0 Å². The zero-order chi connectivity index (χ0) is 20.9. The maximum absolute atomic E-state index is 12.9. The van der Waals surface area contributed by atoms with Crippen molar-refractivity contribution in [3.63, 3.8) is 0 Å². The van der Waals surface area contributed by atoms with Crippen LogP contribution in [0, 0.1) is 0 Å². The Bertz CT molecular complexity index is 1020. The molecule has 0 saturated heterocycles. The molecular formula is C22H23N5O2S. The SMILES string of the molecule is CCNC(=O)NC(=O)[C@@H](Sc1nc(C2CC2)n(-c2ccccc2)n1)c1ccccc1. The second-order valence-corrected chi connectivity index (χ2v) is 8.10. The molecule has 1 aromatic heterocycles. The van der Waals surface area contributed by atoms with Crippen LogP contribution in [0.3, 0.4) is 0 Å². The van der Waals surface area contributed by atoms with Gasteiger partial charge in [0.2, 0.25) is 11.1 Å². The van der Waals surface area contributed by atoms with E-state index < -0.39 is 17.2 Å². The molecule has 0 unspecified atom stereocenters. The molecule has 1 saturated carbocycles. The topological polar surface area (TPSA) is 88.9 Å². The average molecular weight is 422 g/mol. The number of nitrogens with one attached hydrogen (secondary N) is 2. The van der Waals surface area contributed by atoms with Gasteiger partial charge in [0.1, 0.15) is 11.1 Å². The van der Waals surface area contributed by atoms with E-state index in [1.165, 1.54) is 11.8 Å². The van der Waals surface area contributed by atoms with Crippen molar-refractivity contribution in [2.45, 2.75) is 36.1 Å². The summed E-state index contributed by atoms with van der Waals surface area (Å²) in [6.45, 7) is 2.24. The van der Waals surface area contributed by atoms with Crippen LogP contribution in [0.2, 0.25) is 0 Å². The first-order valence-corrected chi connectivity index (χ1v) is 10.9. The number of aromatic nitrogens is 3. The van der Waals surface area contributed by atoms with E-state index in [9.17, 15) is 9.59 Å². The summed E-state index contributed by atoms with van der Waals surface area (Å²) in [5.74, 6) is 0.909. The van der Waals surface area contributed by atoms with Gasteiger partial charge in [-0.2, -0.15) is 0 Å². The van der Waals surface area contributed by atoms with E-state index in [0.717, 1.165) is 29.9 Å². The summed E-state index contributed by atoms with van der Waals surface area (Å²) in [5.41, 5.74) is 1.73. The highest BCUT2D eigenvalue weighted by Crippen LogP contribution is 2.42. The quantitative estimate of drug-likeness (QED) is 0.566. The van der Waals surface area contributed by atoms with Gasteiger partial charge in [0.15, 0.2) is 0 Å². The Balaban J connectivity index is 1.63. The van der Waals surface area contributed by atoms with Crippen LogP contribution in [0.25, 0.3) is 5.69 Å². The fraction of sp³-hybridized carbons (Fsp3) is 0.273. The Morgan fingerprint density at radius 1 is 1.10 bits per heavy atom. The van der Waals surface area contributed by atoms with Gasteiger partial charge in [-0.05, 0) is 37.5 Å². The molecule has 154 valence electrons. The van der Waals surface area contributed by atoms with Crippen molar-refractivity contribution in [3.05, 3.63) is 72.1 Å². The lowest BCUT2D eigenvalue weighted by atomic mass is 10.1. The monoisotopic (exact) mass is 421 g/mol. The zero-order valence-corrected chi connectivity index (χ0v) is 17.4. The molecule has 7 nitrogen and oxygen atoms in total. The number of urea groups is 1. The molecule has 3 aromatic rings. The maximum atomic E-state index is 12.9. The second kappa shape index (κ2) is 9.13. The Labute approximate surface area is 179 Å². The number of amides is 3. The Hall–Kier alpha value is -3.13. The molecule has 30 heavy (non-hydrogen) atoms. The fourth-order valence-electron chi connectivity index (χ4n) is 3.11. The molecule has 0 radical (unpaired) electrons. The van der Waals surface area contributed by atoms with E-state index in [1.54, 1.807) is 6.92 Å². The fourth-order valence-corrected chi connectivity index (χ4v) is 4.05. The van der Waals surface area contributed by atoms with Gasteiger partial charge in [-0.1, -0.05) is 60.3 Å². The van der Waals surface area contributed by atoms with Crippen LogP contribution < -0.4 is 10.6 Å². The standard InChI is InChI=1S/C22H23N5O2S/c1-2-23-21(29)25-20(28)18(15-9-5-3-6-10-15)30-22-24-19(16-13-14-16)27(26-22)17-11-7-4-8-12-17/h3-12,16,18H,2,13-14H2,1H3,(H2,23,25,28,29)/t18-/m0/s1. The zero-order valence-electron chi connectivity index (χ0n) is 16.6. The van der Waals surface area contributed by atoms with Crippen molar-refractivity contribution >= 4 is 23.7 Å². The first-order chi connectivity index (χ1) is 14.7. The summed E-state index contributed by atoms with van der Waals surface area (Å²) in [5, 5.41) is 9.57. The number of hydrogen-bond donors (Lipinski definition) is 2. The maximum Gasteiger partial charge on any atom is 0.321 e. The van der Waals surface area contributed by atoms with Crippen LogP contribution in [0.5, 0.6) is 0 Å². The van der Waals surface area contributed by atoms with Crippen molar-refractivity contribution in [3.8, 4) is 5.69 Å². The van der Waals surface area contributed by atoms with Gasteiger partial charge in [0.05, 0.1) is 5.69 Å². The predicted octanol–water partition coefficient (Wildman–Crippen LogP) is 3.82. The van der Waals surface area contributed by atoms with E-state index in [4.69, 9.17) is 10.1 Å². The molecule has 1 atom stereocenters. The molecule has 1 fully saturated rings. The highest BCUT2D eigenvalue weighted by molar-refractivity contribution is 8.00. The van der Waals surface area contributed by atoms with Crippen molar-refractivity contribution in [1.29, 1.82) is 0 Å². The minimum Gasteiger partial charge on any atom is -0.338 e. The molecule has 3 amide bonds. The number of carbonyl (C=O) groups is 2. The number of hydrogen-bond acceptors (Lipinski definition) is 5. The molecule has 2 N–H and O–H groups in total. The third-order valence-corrected chi connectivity index (χ3v) is 5.80. The minimum atomic E-state index is -0.646. The van der Waals surface area contributed by atoms with Crippen LogP contribution >= 0.6 is 11.8 Å². The molecule has 2 aromatic carbocycles. The molecule has 4 rings (SSSR count). The number of para-hydroxylation sites is 1. The Morgan fingerprint density at radius 3 is 2.40 bits per heavy atom. The van der Waals surface area contributed by atoms with E-state index in [1.807, 2.05) is 65.3 Å². The lowest BCUT2D eigenvalue weighted by molar-refractivity contribution is -0.119. The lowest BCUT2D eigenvalue weighted by Crippen LogP contribution is -2.41. The van der Waals surface area contributed by atoms with Gasteiger partial charge in [-0.3, -0.25) is 10.1 Å². The van der Waals surface area contributed by atoms with Gasteiger partial charge in [-0.15, -0.1) is 5.10 Å². The Kier molecular flexibility index (Phi) is 6.13. The molecular weight excluding hydrogens is 398 g/mol. The molecule has 1 aliphatic carbocycles. The highest BCUT2D eigenvalue weighted by Gasteiger charge is 2.32. The smallest absolute Gasteiger partial charge is 0.321 e. The van der Waals surface area contributed by atoms with E-state index in [0.29, 0.717) is 17.6 Å². The third kappa shape index (κ3) is 4.71. The summed E-state index contributed by atoms with van der Waals surface area (Å²) >= 11 is 1.25. The first-order valence-electron chi connectivity index (χ1n) is 9.98. The van der Waals surface area contributed by atoms with Crippen LogP contribution in [0.4, 0.5) is 4.79 Å². The summed E-state index contributed by atoms with van der Waals surface area (Å²) in [6, 6.07) is 18.7. The molecule has 0 bridgehead atoms.